The molecule has 0 rings (SSSR count). The SMILES string of the molecule is CC(CO)NCC(C(=O)O)C(F)(F)F. The molecule has 0 radical (unpaired) electrons. The topological polar surface area (TPSA) is 69.6 Å². The van der Waals surface area contributed by atoms with E-state index in [0.29, 0.717) is 0 Å². The van der Waals surface area contributed by atoms with Gasteiger partial charge in [-0.2, -0.15) is 13.2 Å². The van der Waals surface area contributed by atoms with Crippen molar-refractivity contribution in [3.63, 3.8) is 0 Å². The summed E-state index contributed by atoms with van der Waals surface area (Å²) in [5.74, 6) is -4.35. The maximum Gasteiger partial charge on any atom is 0.403 e. The molecule has 0 aliphatic heterocycles. The van der Waals surface area contributed by atoms with Gasteiger partial charge in [0.15, 0.2) is 5.92 Å². The lowest BCUT2D eigenvalue weighted by Crippen LogP contribution is -2.42. The predicted molar refractivity (Wildman–Crippen MR) is 41.7 cm³/mol. The van der Waals surface area contributed by atoms with Crippen LogP contribution in [0.5, 0.6) is 0 Å². The molecule has 84 valence electrons. The van der Waals surface area contributed by atoms with Crippen molar-refractivity contribution in [1.82, 2.24) is 5.32 Å². The molecule has 0 heterocycles. The fourth-order valence-electron chi connectivity index (χ4n) is 0.727. The molecule has 0 aromatic heterocycles. The van der Waals surface area contributed by atoms with Crippen molar-refractivity contribution >= 4 is 5.97 Å². The molecule has 0 saturated carbocycles. The lowest BCUT2D eigenvalue weighted by atomic mass is 10.1. The van der Waals surface area contributed by atoms with Gasteiger partial charge in [0.2, 0.25) is 0 Å². The third-order valence-corrected chi connectivity index (χ3v) is 1.64. The summed E-state index contributed by atoms with van der Waals surface area (Å²) < 4.78 is 36.1. The molecule has 14 heavy (non-hydrogen) atoms. The van der Waals surface area contributed by atoms with Gasteiger partial charge < -0.3 is 15.5 Å². The van der Waals surface area contributed by atoms with E-state index in [9.17, 15) is 18.0 Å². The molecule has 2 atom stereocenters. The Kier molecular flexibility index (Phi) is 4.86. The summed E-state index contributed by atoms with van der Waals surface area (Å²) in [7, 11) is 0. The van der Waals surface area contributed by atoms with Crippen molar-refractivity contribution in [2.45, 2.75) is 19.1 Å². The molecule has 0 fully saturated rings. The fourth-order valence-corrected chi connectivity index (χ4v) is 0.727. The van der Waals surface area contributed by atoms with Crippen molar-refractivity contribution < 1.29 is 28.2 Å². The maximum absolute atomic E-state index is 12.0. The quantitative estimate of drug-likeness (QED) is 0.613. The fraction of sp³-hybridized carbons (Fsp3) is 0.857. The van der Waals surface area contributed by atoms with Crippen molar-refractivity contribution in [3.05, 3.63) is 0 Å². The van der Waals surface area contributed by atoms with Gasteiger partial charge >= 0.3 is 12.1 Å². The molecule has 0 aliphatic rings. The molecule has 0 spiro atoms. The molecule has 0 saturated heterocycles. The third-order valence-electron chi connectivity index (χ3n) is 1.64. The van der Waals surface area contributed by atoms with Crippen LogP contribution in [-0.4, -0.2) is 41.6 Å². The molecule has 4 nitrogen and oxygen atoms in total. The number of carboxylic acid groups (broad SMARTS) is 1. The van der Waals surface area contributed by atoms with E-state index in [2.05, 4.69) is 5.32 Å². The van der Waals surface area contributed by atoms with Crippen LogP contribution in [0.25, 0.3) is 0 Å². The number of nitrogens with one attached hydrogen (secondary N) is 1. The Labute approximate surface area is 78.7 Å². The Hall–Kier alpha value is -0.820. The summed E-state index contributed by atoms with van der Waals surface area (Å²) in [5, 5.41) is 19.0. The van der Waals surface area contributed by atoms with Crippen LogP contribution in [0, 0.1) is 5.92 Å². The van der Waals surface area contributed by atoms with Gasteiger partial charge in [0, 0.05) is 12.6 Å². The highest BCUT2D eigenvalue weighted by molar-refractivity contribution is 5.71. The van der Waals surface area contributed by atoms with Gasteiger partial charge in [0.05, 0.1) is 6.61 Å². The van der Waals surface area contributed by atoms with Gasteiger partial charge in [-0.3, -0.25) is 4.79 Å². The minimum Gasteiger partial charge on any atom is -0.481 e. The van der Waals surface area contributed by atoms with E-state index in [1.165, 1.54) is 6.92 Å². The number of carboxylic acids is 1. The van der Waals surface area contributed by atoms with Gasteiger partial charge in [-0.1, -0.05) is 0 Å². The lowest BCUT2D eigenvalue weighted by molar-refractivity contribution is -0.192. The summed E-state index contributed by atoms with van der Waals surface area (Å²) in [6, 6.07) is -0.556. The number of carbonyl (C=O) groups is 1. The second-order valence-electron chi connectivity index (χ2n) is 2.92. The summed E-state index contributed by atoms with van der Waals surface area (Å²) >= 11 is 0. The first-order valence-electron chi connectivity index (χ1n) is 3.92. The van der Waals surface area contributed by atoms with Crippen LogP contribution in [0.15, 0.2) is 0 Å². The molecule has 2 unspecified atom stereocenters. The molecule has 0 aliphatic carbocycles. The first kappa shape index (κ1) is 13.2. The number of rotatable bonds is 5. The molecule has 3 N–H and O–H groups in total. The van der Waals surface area contributed by atoms with Crippen LogP contribution in [0.1, 0.15) is 6.92 Å². The Morgan fingerprint density at radius 3 is 2.29 bits per heavy atom. The first-order valence-corrected chi connectivity index (χ1v) is 3.92. The van der Waals surface area contributed by atoms with E-state index >= 15 is 0 Å². The molecule has 0 aromatic carbocycles. The smallest absolute Gasteiger partial charge is 0.403 e. The summed E-state index contributed by atoms with van der Waals surface area (Å²) in [4.78, 5) is 10.2. The van der Waals surface area contributed by atoms with Crippen LogP contribution in [0.3, 0.4) is 0 Å². The summed E-state index contributed by atoms with van der Waals surface area (Å²) in [6.45, 7) is 0.375. The zero-order chi connectivity index (χ0) is 11.4. The van der Waals surface area contributed by atoms with Gasteiger partial charge in [-0.05, 0) is 6.92 Å². The second-order valence-corrected chi connectivity index (χ2v) is 2.92. The average Bonchev–Trinajstić information content (AvgIpc) is 2.01. The number of aliphatic hydroxyl groups is 1. The predicted octanol–water partition coefficient (Wildman–Crippen LogP) is 0.220. The zero-order valence-corrected chi connectivity index (χ0v) is 7.51. The van der Waals surface area contributed by atoms with E-state index in [0.717, 1.165) is 0 Å². The lowest BCUT2D eigenvalue weighted by Gasteiger charge is -2.18. The highest BCUT2D eigenvalue weighted by Crippen LogP contribution is 2.25. The highest BCUT2D eigenvalue weighted by atomic mass is 19.4. The van der Waals surface area contributed by atoms with Crippen LogP contribution < -0.4 is 5.32 Å². The van der Waals surface area contributed by atoms with Gasteiger partial charge in [0.25, 0.3) is 0 Å². The van der Waals surface area contributed by atoms with Crippen molar-refractivity contribution in [1.29, 1.82) is 0 Å². The third kappa shape index (κ3) is 4.43. The number of alkyl halides is 3. The van der Waals surface area contributed by atoms with E-state index < -0.39 is 30.7 Å². The van der Waals surface area contributed by atoms with Crippen LogP contribution in [0.2, 0.25) is 0 Å². The van der Waals surface area contributed by atoms with Crippen molar-refractivity contribution in [3.8, 4) is 0 Å². The average molecular weight is 215 g/mol. The van der Waals surface area contributed by atoms with Crippen molar-refractivity contribution in [2.75, 3.05) is 13.2 Å². The minimum absolute atomic E-state index is 0.343. The maximum atomic E-state index is 12.0. The Balaban J connectivity index is 4.19. The number of halogens is 3. The standard InChI is InChI=1S/C7H12F3NO3/c1-4(3-12)11-2-5(6(13)14)7(8,9)10/h4-5,11-12H,2-3H2,1H3,(H,13,14). The molecule has 0 bridgehead atoms. The highest BCUT2D eigenvalue weighted by Gasteiger charge is 2.44. The number of hydrogen-bond donors (Lipinski definition) is 3. The molecule has 7 heteroatoms. The Morgan fingerprint density at radius 1 is 1.50 bits per heavy atom. The second kappa shape index (κ2) is 5.16. The van der Waals surface area contributed by atoms with E-state index in [4.69, 9.17) is 10.2 Å². The molecule has 0 amide bonds. The largest absolute Gasteiger partial charge is 0.481 e. The number of aliphatic carboxylic acids is 1. The molecular weight excluding hydrogens is 203 g/mol. The van der Waals surface area contributed by atoms with E-state index in [-0.39, 0.29) is 6.61 Å². The van der Waals surface area contributed by atoms with Crippen LogP contribution >= 0.6 is 0 Å². The molecule has 0 aromatic rings. The van der Waals surface area contributed by atoms with Crippen LogP contribution in [-0.2, 0) is 4.79 Å². The van der Waals surface area contributed by atoms with Crippen LogP contribution in [0.4, 0.5) is 13.2 Å². The van der Waals surface area contributed by atoms with Gasteiger partial charge in [0.1, 0.15) is 0 Å². The van der Waals surface area contributed by atoms with E-state index in [1.807, 2.05) is 0 Å². The Morgan fingerprint density at radius 2 is 2.00 bits per heavy atom. The number of hydrogen-bond acceptors (Lipinski definition) is 3. The van der Waals surface area contributed by atoms with Gasteiger partial charge in [-0.25, -0.2) is 0 Å². The summed E-state index contributed by atoms with van der Waals surface area (Å²) in [6.07, 6.45) is -4.77. The summed E-state index contributed by atoms with van der Waals surface area (Å²) in [5.41, 5.74) is 0. The monoisotopic (exact) mass is 215 g/mol. The van der Waals surface area contributed by atoms with E-state index in [1.54, 1.807) is 0 Å². The minimum atomic E-state index is -4.77. The number of aliphatic hydroxyl groups excluding tert-OH is 1. The first-order chi connectivity index (χ1) is 6.29. The molecular formula is C7H12F3NO3. The van der Waals surface area contributed by atoms with Gasteiger partial charge in [-0.15, -0.1) is 0 Å². The normalized spacial score (nSPS) is 16.4. The Bertz CT molecular complexity index is 195. The van der Waals surface area contributed by atoms with Crippen molar-refractivity contribution in [2.24, 2.45) is 5.92 Å². The zero-order valence-electron chi connectivity index (χ0n) is 7.51.